The van der Waals surface area contributed by atoms with Crippen LogP contribution in [0.3, 0.4) is 0 Å². The Balaban J connectivity index is 2.42. The highest BCUT2D eigenvalue weighted by molar-refractivity contribution is 7.89. The molecule has 2 rings (SSSR count). The van der Waals surface area contributed by atoms with Crippen LogP contribution in [0.25, 0.3) is 0 Å². The number of nitrogens with zero attached hydrogens (tertiary/aromatic N) is 1. The van der Waals surface area contributed by atoms with Crippen molar-refractivity contribution in [1.82, 2.24) is 4.31 Å². The van der Waals surface area contributed by atoms with Crippen molar-refractivity contribution in [2.24, 2.45) is 5.73 Å². The number of carbonyl (C=O) groups excluding carboxylic acids is 1. The van der Waals surface area contributed by atoms with Crippen LogP contribution in [0.1, 0.15) is 16.8 Å². The summed E-state index contributed by atoms with van der Waals surface area (Å²) >= 11 is 0. The van der Waals surface area contributed by atoms with E-state index < -0.39 is 22.0 Å². The van der Waals surface area contributed by atoms with E-state index in [4.69, 9.17) is 10.5 Å². The molecule has 1 heterocycles. The molecule has 110 valence electrons. The number of β-amino-alcohol motifs (C(OH)–C–C–N with tert-alkyl or cyclic N) is 1. The van der Waals surface area contributed by atoms with Gasteiger partial charge in [0.05, 0.1) is 23.7 Å². The van der Waals surface area contributed by atoms with E-state index in [2.05, 4.69) is 0 Å². The van der Waals surface area contributed by atoms with E-state index in [1.54, 1.807) is 0 Å². The maximum Gasteiger partial charge on any atom is 0.252 e. The fourth-order valence-corrected chi connectivity index (χ4v) is 3.64. The SMILES string of the molecule is COc1ccc(S(=O)(=O)N2CCC(O)C2)cc1C(N)=O. The zero-order valence-corrected chi connectivity index (χ0v) is 11.8. The van der Waals surface area contributed by atoms with Crippen molar-refractivity contribution in [2.75, 3.05) is 20.2 Å². The second-order valence-electron chi connectivity index (χ2n) is 4.53. The maximum absolute atomic E-state index is 12.4. The Morgan fingerprint density at radius 3 is 2.70 bits per heavy atom. The third-order valence-electron chi connectivity index (χ3n) is 3.20. The van der Waals surface area contributed by atoms with Gasteiger partial charge in [0, 0.05) is 13.1 Å². The lowest BCUT2D eigenvalue weighted by molar-refractivity contribution is 0.0997. The van der Waals surface area contributed by atoms with Crippen LogP contribution in [0.5, 0.6) is 5.75 Å². The summed E-state index contributed by atoms with van der Waals surface area (Å²) in [6.07, 6.45) is -0.253. The van der Waals surface area contributed by atoms with Crippen molar-refractivity contribution in [2.45, 2.75) is 17.4 Å². The van der Waals surface area contributed by atoms with Gasteiger partial charge < -0.3 is 15.6 Å². The number of methoxy groups -OCH3 is 1. The second-order valence-corrected chi connectivity index (χ2v) is 6.47. The minimum Gasteiger partial charge on any atom is -0.496 e. The number of hydrogen-bond donors (Lipinski definition) is 2. The highest BCUT2D eigenvalue weighted by atomic mass is 32.2. The molecule has 0 aromatic heterocycles. The summed E-state index contributed by atoms with van der Waals surface area (Å²) in [5.41, 5.74) is 5.22. The summed E-state index contributed by atoms with van der Waals surface area (Å²) in [4.78, 5) is 11.3. The van der Waals surface area contributed by atoms with Crippen molar-refractivity contribution in [3.05, 3.63) is 23.8 Å². The summed E-state index contributed by atoms with van der Waals surface area (Å²) < 4.78 is 30.9. The molecular weight excluding hydrogens is 284 g/mol. The molecule has 0 radical (unpaired) electrons. The Morgan fingerprint density at radius 1 is 1.50 bits per heavy atom. The predicted molar refractivity (Wildman–Crippen MR) is 70.9 cm³/mol. The molecule has 0 aliphatic carbocycles. The molecule has 3 N–H and O–H groups in total. The number of hydrogen-bond acceptors (Lipinski definition) is 5. The minimum atomic E-state index is -3.74. The largest absolute Gasteiger partial charge is 0.496 e. The monoisotopic (exact) mass is 300 g/mol. The second kappa shape index (κ2) is 5.39. The average Bonchev–Trinajstić information content (AvgIpc) is 2.85. The van der Waals surface area contributed by atoms with Gasteiger partial charge in [-0.15, -0.1) is 0 Å². The fourth-order valence-electron chi connectivity index (χ4n) is 2.12. The first-order valence-corrected chi connectivity index (χ1v) is 7.46. The first-order valence-electron chi connectivity index (χ1n) is 6.02. The molecule has 0 bridgehead atoms. The van der Waals surface area contributed by atoms with Crippen LogP contribution in [0.4, 0.5) is 0 Å². The Morgan fingerprint density at radius 2 is 2.20 bits per heavy atom. The molecule has 7 nitrogen and oxygen atoms in total. The van der Waals surface area contributed by atoms with E-state index in [9.17, 15) is 18.3 Å². The predicted octanol–water partition coefficient (Wildman–Crippen LogP) is -0.451. The molecule has 1 aromatic rings. The van der Waals surface area contributed by atoms with Gasteiger partial charge in [0.1, 0.15) is 5.75 Å². The van der Waals surface area contributed by atoms with Crippen LogP contribution in [0.15, 0.2) is 23.1 Å². The average molecular weight is 300 g/mol. The van der Waals surface area contributed by atoms with Crippen LogP contribution in [-0.4, -0.2) is 50.0 Å². The van der Waals surface area contributed by atoms with Gasteiger partial charge in [0.2, 0.25) is 10.0 Å². The molecule has 1 saturated heterocycles. The quantitative estimate of drug-likeness (QED) is 0.782. The van der Waals surface area contributed by atoms with Gasteiger partial charge >= 0.3 is 0 Å². The van der Waals surface area contributed by atoms with Crippen LogP contribution in [0.2, 0.25) is 0 Å². The molecule has 1 amide bonds. The molecule has 0 saturated carbocycles. The normalized spacial score (nSPS) is 20.0. The number of benzene rings is 1. The maximum atomic E-state index is 12.4. The molecular formula is C12H16N2O5S. The van der Waals surface area contributed by atoms with E-state index in [1.165, 1.54) is 29.6 Å². The summed E-state index contributed by atoms with van der Waals surface area (Å²) in [6, 6.07) is 3.94. The molecule has 1 aliphatic rings. The topological polar surface area (TPSA) is 110 Å². The Kier molecular flexibility index (Phi) is 3.98. The van der Waals surface area contributed by atoms with Crippen molar-refractivity contribution in [3.63, 3.8) is 0 Å². The number of amides is 1. The third kappa shape index (κ3) is 2.62. The standard InChI is InChI=1S/C12H16N2O5S/c1-19-11-3-2-9(6-10(11)12(13)16)20(17,18)14-5-4-8(15)7-14/h2-3,6,8,15H,4-5,7H2,1H3,(H2,13,16). The van der Waals surface area contributed by atoms with E-state index >= 15 is 0 Å². The van der Waals surface area contributed by atoms with Gasteiger partial charge in [0.25, 0.3) is 5.91 Å². The van der Waals surface area contributed by atoms with Gasteiger partial charge in [-0.1, -0.05) is 0 Å². The van der Waals surface area contributed by atoms with Crippen molar-refractivity contribution >= 4 is 15.9 Å². The minimum absolute atomic E-state index is 0.00770. The number of aliphatic hydroxyl groups excluding tert-OH is 1. The molecule has 1 aliphatic heterocycles. The van der Waals surface area contributed by atoms with E-state index in [0.29, 0.717) is 6.42 Å². The van der Waals surface area contributed by atoms with Crippen molar-refractivity contribution in [3.8, 4) is 5.75 Å². The van der Waals surface area contributed by atoms with E-state index in [0.717, 1.165) is 0 Å². The Labute approximate surface area is 117 Å². The van der Waals surface area contributed by atoms with Gasteiger partial charge in [-0.2, -0.15) is 4.31 Å². The Hall–Kier alpha value is -1.64. The van der Waals surface area contributed by atoms with Gasteiger partial charge in [-0.3, -0.25) is 4.79 Å². The smallest absolute Gasteiger partial charge is 0.252 e. The number of primary amides is 1. The number of aliphatic hydroxyl groups is 1. The lowest BCUT2D eigenvalue weighted by Crippen LogP contribution is -2.30. The van der Waals surface area contributed by atoms with Crippen molar-refractivity contribution < 1.29 is 23.1 Å². The molecule has 8 heteroatoms. The molecule has 0 spiro atoms. The van der Waals surface area contributed by atoms with Gasteiger partial charge in [-0.05, 0) is 24.6 Å². The molecule has 1 aromatic carbocycles. The highest BCUT2D eigenvalue weighted by Gasteiger charge is 2.32. The van der Waals surface area contributed by atoms with Crippen molar-refractivity contribution in [1.29, 1.82) is 0 Å². The van der Waals surface area contributed by atoms with Gasteiger partial charge in [0.15, 0.2) is 0 Å². The lowest BCUT2D eigenvalue weighted by Gasteiger charge is -2.16. The molecule has 1 fully saturated rings. The first-order chi connectivity index (χ1) is 9.36. The summed E-state index contributed by atoms with van der Waals surface area (Å²) in [5, 5.41) is 9.43. The van der Waals surface area contributed by atoms with Crippen LogP contribution in [-0.2, 0) is 10.0 Å². The van der Waals surface area contributed by atoms with Crippen LogP contribution in [0, 0.1) is 0 Å². The van der Waals surface area contributed by atoms with E-state index in [-0.39, 0.29) is 29.3 Å². The molecule has 20 heavy (non-hydrogen) atoms. The van der Waals surface area contributed by atoms with Gasteiger partial charge in [-0.25, -0.2) is 8.42 Å². The first kappa shape index (κ1) is 14.8. The van der Waals surface area contributed by atoms with Crippen LogP contribution < -0.4 is 10.5 Å². The number of rotatable bonds is 4. The summed E-state index contributed by atoms with van der Waals surface area (Å²) in [7, 11) is -2.37. The zero-order chi connectivity index (χ0) is 14.9. The summed E-state index contributed by atoms with van der Waals surface area (Å²) in [5.74, 6) is -0.543. The molecule has 1 atom stereocenters. The third-order valence-corrected chi connectivity index (χ3v) is 5.06. The summed E-state index contributed by atoms with van der Waals surface area (Å²) in [6.45, 7) is 0.307. The zero-order valence-electron chi connectivity index (χ0n) is 10.9. The lowest BCUT2D eigenvalue weighted by atomic mass is 10.2. The number of sulfonamides is 1. The molecule has 1 unspecified atom stereocenters. The number of ether oxygens (including phenoxy) is 1. The fraction of sp³-hybridized carbons (Fsp3) is 0.417. The van der Waals surface area contributed by atoms with E-state index in [1.807, 2.05) is 0 Å². The number of nitrogens with two attached hydrogens (primary N) is 1. The Bertz CT molecular complexity index is 629. The highest BCUT2D eigenvalue weighted by Crippen LogP contribution is 2.26. The number of carbonyl (C=O) groups is 1. The van der Waals surface area contributed by atoms with Crippen LogP contribution >= 0.6 is 0 Å².